The van der Waals surface area contributed by atoms with Crippen LogP contribution in [0.4, 0.5) is 0 Å². The molecule has 2 heteroatoms. The van der Waals surface area contributed by atoms with Crippen LogP contribution in [0.15, 0.2) is 12.7 Å². The predicted molar refractivity (Wildman–Crippen MR) is 22.7 cm³/mol. The van der Waals surface area contributed by atoms with Gasteiger partial charge in [-0.05, 0) is 0 Å². The van der Waals surface area contributed by atoms with Crippen LogP contribution in [0, 0.1) is 0 Å². The van der Waals surface area contributed by atoms with Gasteiger partial charge < -0.3 is 0 Å². The molecule has 0 saturated carbocycles. The van der Waals surface area contributed by atoms with Gasteiger partial charge in [0.05, 0.1) is 0 Å². The summed E-state index contributed by atoms with van der Waals surface area (Å²) < 4.78 is 9.43. The highest BCUT2D eigenvalue weighted by atomic mass is 31.1. The lowest BCUT2D eigenvalue weighted by Crippen LogP contribution is -1.47. The first-order chi connectivity index (χ1) is 2.41. The van der Waals surface area contributed by atoms with Gasteiger partial charge in [-0.2, -0.15) is 0 Å². The minimum atomic E-state index is 0.162. The first-order valence-corrected chi connectivity index (χ1v) is 2.31. The van der Waals surface area contributed by atoms with Crippen molar-refractivity contribution < 1.29 is 4.57 Å². The topological polar surface area (TPSA) is 17.1 Å². The fraction of sp³-hybridized carbons (Fsp3) is 0.333. The third-order valence-electron chi connectivity index (χ3n) is 0.204. The molecule has 0 N–H and O–H groups in total. The summed E-state index contributed by atoms with van der Waals surface area (Å²) in [6.07, 6.45) is 2.18. The van der Waals surface area contributed by atoms with Crippen LogP contribution in [0.1, 0.15) is 0 Å². The summed E-state index contributed by atoms with van der Waals surface area (Å²) in [6, 6.07) is 0. The zero-order valence-electron chi connectivity index (χ0n) is 2.85. The first kappa shape index (κ1) is 4.84. The van der Waals surface area contributed by atoms with E-state index in [0.29, 0.717) is 6.16 Å². The summed E-state index contributed by atoms with van der Waals surface area (Å²) in [5.74, 6) is 0. The number of hydrogen-bond donors (Lipinski definition) is 0. The lowest BCUT2D eigenvalue weighted by Gasteiger charge is -1.57. The fourth-order valence-corrected chi connectivity index (χ4v) is 0.158. The van der Waals surface area contributed by atoms with Crippen LogP contribution in [0.3, 0.4) is 0 Å². The standard InChI is InChI=1S/C3H5OP/c1-2-3-5-4/h2H,1,3H2. The Morgan fingerprint density at radius 3 is 2.60 bits per heavy atom. The molecule has 0 amide bonds. The van der Waals surface area contributed by atoms with E-state index < -0.39 is 0 Å². The highest BCUT2D eigenvalue weighted by Gasteiger charge is 1.61. The normalized spacial score (nSPS) is 8.00. The number of hydrogen-bond acceptors (Lipinski definition) is 1. The maximum atomic E-state index is 9.43. The van der Waals surface area contributed by atoms with Gasteiger partial charge in [0.2, 0.25) is 0 Å². The molecule has 0 aromatic heterocycles. The second-order valence-corrected chi connectivity index (χ2v) is 1.22. The van der Waals surface area contributed by atoms with Crippen molar-refractivity contribution in [2.75, 3.05) is 6.16 Å². The average Bonchev–Trinajstić information content (AvgIpc) is 1.41. The van der Waals surface area contributed by atoms with Crippen LogP contribution >= 0.6 is 8.46 Å². The quantitative estimate of drug-likeness (QED) is 0.369. The van der Waals surface area contributed by atoms with Crippen LogP contribution in [-0.2, 0) is 4.57 Å². The van der Waals surface area contributed by atoms with Gasteiger partial charge in [-0.3, -0.25) is 4.57 Å². The molecule has 0 rings (SSSR count). The molecule has 0 aromatic carbocycles. The van der Waals surface area contributed by atoms with Gasteiger partial charge in [-0.15, -0.1) is 6.58 Å². The van der Waals surface area contributed by atoms with Crippen molar-refractivity contribution in [1.82, 2.24) is 0 Å². The van der Waals surface area contributed by atoms with Gasteiger partial charge in [-0.1, -0.05) is 6.08 Å². The third kappa shape index (κ3) is 3.84. The first-order valence-electron chi connectivity index (χ1n) is 1.32. The molecular formula is C3H5OP. The number of allylic oxidation sites excluding steroid dienone is 1. The second kappa shape index (κ2) is 3.84. The van der Waals surface area contributed by atoms with Crippen molar-refractivity contribution in [3.8, 4) is 0 Å². The highest BCUT2D eigenvalue weighted by Crippen LogP contribution is 1.86. The molecule has 0 atom stereocenters. The predicted octanol–water partition coefficient (Wildman–Crippen LogP) is 1.46. The molecule has 0 spiro atoms. The van der Waals surface area contributed by atoms with Crippen LogP contribution in [-0.4, -0.2) is 6.16 Å². The molecule has 0 aliphatic carbocycles. The SMILES string of the molecule is C=CCP=O. The molecule has 0 heterocycles. The fourth-order valence-electron chi connectivity index (χ4n) is 0.0527. The molecule has 0 bridgehead atoms. The third-order valence-corrected chi connectivity index (χ3v) is 0.611. The molecule has 0 radical (unpaired) electrons. The molecule has 5 heavy (non-hydrogen) atoms. The van der Waals surface area contributed by atoms with Crippen molar-refractivity contribution in [3.63, 3.8) is 0 Å². The van der Waals surface area contributed by atoms with E-state index in [0.717, 1.165) is 0 Å². The molecule has 0 aliphatic rings. The van der Waals surface area contributed by atoms with Crippen molar-refractivity contribution in [2.24, 2.45) is 0 Å². The van der Waals surface area contributed by atoms with E-state index in [1.54, 1.807) is 6.08 Å². The molecule has 0 aromatic rings. The minimum absolute atomic E-state index is 0.162. The Morgan fingerprint density at radius 2 is 2.60 bits per heavy atom. The Morgan fingerprint density at radius 1 is 2.00 bits per heavy atom. The summed E-state index contributed by atoms with van der Waals surface area (Å²) in [6.45, 7) is 3.34. The van der Waals surface area contributed by atoms with Crippen molar-refractivity contribution >= 4 is 8.46 Å². The summed E-state index contributed by atoms with van der Waals surface area (Å²) >= 11 is 0. The zero-order valence-corrected chi connectivity index (χ0v) is 3.74. The largest absolute Gasteiger partial charge is 0.275 e. The van der Waals surface area contributed by atoms with E-state index in [1.807, 2.05) is 0 Å². The summed E-state index contributed by atoms with van der Waals surface area (Å²) in [4.78, 5) is 0. The van der Waals surface area contributed by atoms with Gasteiger partial charge in [0, 0.05) is 6.16 Å². The molecule has 0 saturated heterocycles. The summed E-state index contributed by atoms with van der Waals surface area (Å²) in [5, 5.41) is 0. The Labute approximate surface area is 32.9 Å². The smallest absolute Gasteiger partial charge is 0.159 e. The Balaban J connectivity index is 2.65. The van der Waals surface area contributed by atoms with Crippen LogP contribution in [0.2, 0.25) is 0 Å². The summed E-state index contributed by atoms with van der Waals surface area (Å²) in [7, 11) is 0.162. The molecule has 28 valence electrons. The van der Waals surface area contributed by atoms with Gasteiger partial charge >= 0.3 is 0 Å². The van der Waals surface area contributed by atoms with Crippen LogP contribution < -0.4 is 0 Å². The number of rotatable bonds is 2. The van der Waals surface area contributed by atoms with E-state index in [9.17, 15) is 4.57 Å². The van der Waals surface area contributed by atoms with Crippen LogP contribution in [0.25, 0.3) is 0 Å². The van der Waals surface area contributed by atoms with Crippen LogP contribution in [0.5, 0.6) is 0 Å². The maximum absolute atomic E-state index is 9.43. The Bertz CT molecular complexity index is 36.2. The molecule has 0 aliphatic heterocycles. The zero-order chi connectivity index (χ0) is 4.12. The van der Waals surface area contributed by atoms with Gasteiger partial charge in [0.15, 0.2) is 8.46 Å². The molecule has 0 fully saturated rings. The Hall–Kier alpha value is -0.160. The molecule has 1 nitrogen and oxygen atoms in total. The summed E-state index contributed by atoms with van der Waals surface area (Å²) in [5.41, 5.74) is 0. The molecule has 0 unspecified atom stereocenters. The van der Waals surface area contributed by atoms with Crippen molar-refractivity contribution in [1.29, 1.82) is 0 Å². The van der Waals surface area contributed by atoms with Gasteiger partial charge in [0.1, 0.15) is 0 Å². The van der Waals surface area contributed by atoms with Gasteiger partial charge in [0.25, 0.3) is 0 Å². The maximum Gasteiger partial charge on any atom is 0.159 e. The minimum Gasteiger partial charge on any atom is -0.275 e. The average molecular weight is 88.0 g/mol. The lowest BCUT2D eigenvalue weighted by molar-refractivity contribution is 0.600. The van der Waals surface area contributed by atoms with E-state index in [1.165, 1.54) is 0 Å². The van der Waals surface area contributed by atoms with E-state index in [2.05, 4.69) is 6.58 Å². The second-order valence-electron chi connectivity index (χ2n) is 0.600. The van der Waals surface area contributed by atoms with Crippen molar-refractivity contribution in [3.05, 3.63) is 12.7 Å². The van der Waals surface area contributed by atoms with Gasteiger partial charge in [-0.25, -0.2) is 0 Å². The lowest BCUT2D eigenvalue weighted by atomic mass is 10.8. The van der Waals surface area contributed by atoms with Crippen molar-refractivity contribution in [2.45, 2.75) is 0 Å². The highest BCUT2D eigenvalue weighted by molar-refractivity contribution is 7.23. The van der Waals surface area contributed by atoms with E-state index in [4.69, 9.17) is 0 Å². The monoisotopic (exact) mass is 88.0 g/mol. The van der Waals surface area contributed by atoms with E-state index >= 15 is 0 Å². The molecular weight excluding hydrogens is 83.0 g/mol. The Kier molecular flexibility index (Phi) is 3.72. The van der Waals surface area contributed by atoms with E-state index in [-0.39, 0.29) is 8.46 Å².